The monoisotopic (exact) mass is 343 g/mol. The number of rotatable bonds is 5. The van der Waals surface area contributed by atoms with Crippen molar-refractivity contribution in [3.05, 3.63) is 64.6 Å². The van der Waals surface area contributed by atoms with Gasteiger partial charge in [-0.3, -0.25) is 4.79 Å². The van der Waals surface area contributed by atoms with E-state index in [9.17, 15) is 4.79 Å². The molecule has 1 amide bonds. The van der Waals surface area contributed by atoms with Gasteiger partial charge in [0.1, 0.15) is 5.76 Å². The summed E-state index contributed by atoms with van der Waals surface area (Å²) < 4.78 is 4.94. The van der Waals surface area contributed by atoms with Gasteiger partial charge in [-0.05, 0) is 24.6 Å². The largest absolute Gasteiger partial charge is 0.360 e. The van der Waals surface area contributed by atoms with Crippen molar-refractivity contribution in [1.82, 2.24) is 20.4 Å². The van der Waals surface area contributed by atoms with Gasteiger partial charge in [-0.25, -0.2) is 9.97 Å². The van der Waals surface area contributed by atoms with Crippen LogP contribution in [0.25, 0.3) is 0 Å². The quantitative estimate of drug-likeness (QED) is 0.739. The van der Waals surface area contributed by atoms with E-state index in [1.165, 1.54) is 12.4 Å². The Labute approximate surface area is 143 Å². The zero-order chi connectivity index (χ0) is 16.9. The summed E-state index contributed by atoms with van der Waals surface area (Å²) in [5.74, 6) is 1.26. The van der Waals surface area contributed by atoms with Crippen molar-refractivity contribution >= 4 is 29.3 Å². The molecular weight excluding hydrogens is 330 g/mol. The number of aryl methyl sites for hydroxylation is 1. The van der Waals surface area contributed by atoms with Crippen LogP contribution in [-0.4, -0.2) is 21.0 Å². The molecule has 0 saturated carbocycles. The lowest BCUT2D eigenvalue weighted by Crippen LogP contribution is -2.23. The molecule has 24 heavy (non-hydrogen) atoms. The minimum absolute atomic E-state index is 0.256. The molecule has 8 heteroatoms. The van der Waals surface area contributed by atoms with E-state index in [0.717, 1.165) is 5.56 Å². The number of nitrogens with zero attached hydrogens (tertiary/aromatic N) is 3. The van der Waals surface area contributed by atoms with Crippen LogP contribution in [0, 0.1) is 6.92 Å². The molecule has 2 heterocycles. The highest BCUT2D eigenvalue weighted by molar-refractivity contribution is 6.30. The summed E-state index contributed by atoms with van der Waals surface area (Å²) in [6.45, 7) is 2.18. The zero-order valence-corrected chi connectivity index (χ0v) is 13.5. The van der Waals surface area contributed by atoms with Crippen LogP contribution in [0.5, 0.6) is 0 Å². The highest BCUT2D eigenvalue weighted by Gasteiger charge is 2.08. The fraction of sp³-hybridized carbons (Fsp3) is 0.125. The van der Waals surface area contributed by atoms with Gasteiger partial charge < -0.3 is 15.2 Å². The minimum Gasteiger partial charge on any atom is -0.360 e. The number of anilines is 2. The second-order valence-corrected chi connectivity index (χ2v) is 5.49. The van der Waals surface area contributed by atoms with E-state index in [0.29, 0.717) is 34.7 Å². The van der Waals surface area contributed by atoms with Gasteiger partial charge >= 0.3 is 0 Å². The maximum atomic E-state index is 12.1. The number of carbonyl (C=O) groups is 1. The molecule has 0 radical (unpaired) electrons. The van der Waals surface area contributed by atoms with Crippen molar-refractivity contribution in [2.45, 2.75) is 13.5 Å². The molecule has 3 rings (SSSR count). The van der Waals surface area contributed by atoms with E-state index in [1.807, 2.05) is 12.1 Å². The van der Waals surface area contributed by atoms with E-state index in [1.54, 1.807) is 25.1 Å². The van der Waals surface area contributed by atoms with Gasteiger partial charge in [0.25, 0.3) is 5.91 Å². The average Bonchev–Trinajstić information content (AvgIpc) is 2.99. The van der Waals surface area contributed by atoms with Gasteiger partial charge in [0, 0.05) is 30.0 Å². The number of aromatic nitrogens is 3. The molecule has 0 spiro atoms. The van der Waals surface area contributed by atoms with Crippen LogP contribution in [0.1, 0.15) is 21.7 Å². The third-order valence-corrected chi connectivity index (χ3v) is 3.40. The molecule has 0 aliphatic rings. The Kier molecular flexibility index (Phi) is 4.72. The topological polar surface area (TPSA) is 92.9 Å². The summed E-state index contributed by atoms with van der Waals surface area (Å²) in [5, 5.41) is 10.1. The van der Waals surface area contributed by atoms with Gasteiger partial charge in [-0.1, -0.05) is 28.9 Å². The Morgan fingerprint density at radius 1 is 1.21 bits per heavy atom. The van der Waals surface area contributed by atoms with Gasteiger partial charge in [-0.15, -0.1) is 0 Å². The van der Waals surface area contributed by atoms with Crippen LogP contribution in [0.2, 0.25) is 5.02 Å². The summed E-state index contributed by atoms with van der Waals surface area (Å²) >= 11 is 5.82. The number of nitrogens with one attached hydrogen (secondary N) is 2. The van der Waals surface area contributed by atoms with Crippen molar-refractivity contribution in [3.63, 3.8) is 0 Å². The van der Waals surface area contributed by atoms with E-state index in [-0.39, 0.29) is 5.91 Å². The molecule has 0 aliphatic heterocycles. The fourth-order valence-electron chi connectivity index (χ4n) is 1.94. The predicted molar refractivity (Wildman–Crippen MR) is 89.2 cm³/mol. The zero-order valence-electron chi connectivity index (χ0n) is 12.8. The van der Waals surface area contributed by atoms with Crippen LogP contribution in [0.4, 0.5) is 11.8 Å². The molecule has 0 saturated heterocycles. The lowest BCUT2D eigenvalue weighted by atomic mass is 10.2. The Bertz CT molecular complexity index is 830. The standard InChI is InChI=1S/C16H14ClN5O2/c1-10-6-14(22-24-10)21-16-19-8-12(9-20-16)15(23)18-7-11-2-4-13(17)5-3-11/h2-6,8-9H,7H2,1H3,(H,18,23)(H,19,20,21,22). The summed E-state index contributed by atoms with van der Waals surface area (Å²) in [7, 11) is 0. The number of carbonyl (C=O) groups excluding carboxylic acids is 1. The van der Waals surface area contributed by atoms with Gasteiger partial charge in [0.2, 0.25) is 5.95 Å². The summed E-state index contributed by atoms with van der Waals surface area (Å²) in [6, 6.07) is 8.98. The van der Waals surface area contributed by atoms with Crippen molar-refractivity contribution in [2.75, 3.05) is 5.32 Å². The second-order valence-electron chi connectivity index (χ2n) is 5.05. The Morgan fingerprint density at radius 2 is 1.92 bits per heavy atom. The Hall–Kier alpha value is -2.93. The molecule has 2 aromatic heterocycles. The first-order valence-electron chi connectivity index (χ1n) is 7.15. The SMILES string of the molecule is Cc1cc(Nc2ncc(C(=O)NCc3ccc(Cl)cc3)cn2)no1. The summed E-state index contributed by atoms with van der Waals surface area (Å²) in [5.41, 5.74) is 1.32. The number of benzene rings is 1. The minimum atomic E-state index is -0.256. The smallest absolute Gasteiger partial charge is 0.254 e. The molecule has 122 valence electrons. The maximum Gasteiger partial charge on any atom is 0.254 e. The fourth-order valence-corrected chi connectivity index (χ4v) is 2.06. The molecule has 1 aromatic carbocycles. The molecule has 0 unspecified atom stereocenters. The molecule has 0 fully saturated rings. The predicted octanol–water partition coefficient (Wildman–Crippen LogP) is 3.10. The molecule has 0 atom stereocenters. The van der Waals surface area contributed by atoms with Gasteiger partial charge in [-0.2, -0.15) is 0 Å². The third kappa shape index (κ3) is 4.08. The van der Waals surface area contributed by atoms with Gasteiger partial charge in [0.05, 0.1) is 5.56 Å². The molecule has 3 aromatic rings. The highest BCUT2D eigenvalue weighted by Crippen LogP contribution is 2.12. The van der Waals surface area contributed by atoms with Crippen molar-refractivity contribution in [1.29, 1.82) is 0 Å². The second kappa shape index (κ2) is 7.10. The van der Waals surface area contributed by atoms with Crippen molar-refractivity contribution < 1.29 is 9.32 Å². The molecule has 0 aliphatic carbocycles. The van der Waals surface area contributed by atoms with Gasteiger partial charge in [0.15, 0.2) is 5.82 Å². The lowest BCUT2D eigenvalue weighted by molar-refractivity contribution is 0.0950. The van der Waals surface area contributed by atoms with E-state index >= 15 is 0 Å². The van der Waals surface area contributed by atoms with Crippen LogP contribution >= 0.6 is 11.6 Å². The van der Waals surface area contributed by atoms with E-state index < -0.39 is 0 Å². The van der Waals surface area contributed by atoms with E-state index in [4.69, 9.17) is 16.1 Å². The normalized spacial score (nSPS) is 10.4. The first-order chi connectivity index (χ1) is 11.6. The third-order valence-electron chi connectivity index (χ3n) is 3.15. The number of hydrogen-bond acceptors (Lipinski definition) is 6. The Balaban J connectivity index is 1.58. The Morgan fingerprint density at radius 3 is 2.54 bits per heavy atom. The van der Waals surface area contributed by atoms with Crippen molar-refractivity contribution in [2.24, 2.45) is 0 Å². The average molecular weight is 344 g/mol. The maximum absolute atomic E-state index is 12.1. The number of amides is 1. The molecule has 2 N–H and O–H groups in total. The molecule has 7 nitrogen and oxygen atoms in total. The lowest BCUT2D eigenvalue weighted by Gasteiger charge is -2.06. The van der Waals surface area contributed by atoms with Crippen LogP contribution in [0.15, 0.2) is 47.2 Å². The number of hydrogen-bond donors (Lipinski definition) is 2. The van der Waals surface area contributed by atoms with E-state index in [2.05, 4.69) is 25.8 Å². The first-order valence-corrected chi connectivity index (χ1v) is 7.53. The number of halogens is 1. The van der Waals surface area contributed by atoms with Crippen molar-refractivity contribution in [3.8, 4) is 0 Å². The van der Waals surface area contributed by atoms with Crippen LogP contribution < -0.4 is 10.6 Å². The highest BCUT2D eigenvalue weighted by atomic mass is 35.5. The first kappa shape index (κ1) is 15.9. The van der Waals surface area contributed by atoms with Crippen LogP contribution in [0.3, 0.4) is 0 Å². The summed E-state index contributed by atoms with van der Waals surface area (Å²) in [6.07, 6.45) is 2.89. The molecular formula is C16H14ClN5O2. The van der Waals surface area contributed by atoms with Crippen LogP contribution in [-0.2, 0) is 6.54 Å². The molecule has 0 bridgehead atoms. The summed E-state index contributed by atoms with van der Waals surface area (Å²) in [4.78, 5) is 20.3.